The molecule has 234 valence electrons. The van der Waals surface area contributed by atoms with Crippen molar-refractivity contribution in [1.82, 2.24) is 9.88 Å². The van der Waals surface area contributed by atoms with Crippen molar-refractivity contribution in [3.05, 3.63) is 150 Å². The van der Waals surface area contributed by atoms with Crippen LogP contribution in [0.2, 0.25) is 0 Å². The van der Waals surface area contributed by atoms with E-state index in [1.807, 2.05) is 104 Å². The molecule has 0 aliphatic carbocycles. The number of carbonyl (C=O) groups is 3. The average molecular weight is 638 g/mol. The fourth-order valence-corrected chi connectivity index (χ4v) is 6.49. The Morgan fingerprint density at radius 3 is 1.96 bits per heavy atom. The molecule has 47 heavy (non-hydrogen) atoms. The van der Waals surface area contributed by atoms with Crippen molar-refractivity contribution in [2.45, 2.75) is 36.8 Å². The summed E-state index contributed by atoms with van der Waals surface area (Å²) in [5.41, 5.74) is 4.83. The van der Waals surface area contributed by atoms with E-state index in [-0.39, 0.29) is 17.5 Å². The second-order valence-corrected chi connectivity index (χ2v) is 13.1. The maximum absolute atomic E-state index is 13.9. The largest absolute Gasteiger partial charge is 0.321 e. The predicted octanol–water partition coefficient (Wildman–Crippen LogP) is 9.15. The van der Waals surface area contributed by atoms with Crippen molar-refractivity contribution in [1.29, 1.82) is 0 Å². The summed E-state index contributed by atoms with van der Waals surface area (Å²) in [7, 11) is 0. The van der Waals surface area contributed by atoms with Gasteiger partial charge >= 0.3 is 0 Å². The average Bonchev–Trinajstić information content (AvgIpc) is 3.42. The molecule has 1 unspecified atom stereocenters. The van der Waals surface area contributed by atoms with Gasteiger partial charge in [-0.15, -0.1) is 11.8 Å². The number of benzene rings is 5. The van der Waals surface area contributed by atoms with Gasteiger partial charge in [-0.05, 0) is 72.5 Å². The third-order valence-corrected chi connectivity index (χ3v) is 9.08. The molecule has 1 heterocycles. The lowest BCUT2D eigenvalue weighted by Gasteiger charge is -2.15. The standard InChI is InChI=1S/C40H35N3O3S/c1-26(2)29-22-20-28(21-23-29)24-35(42-38(44)30-12-5-4-6-13-30)39(45)41-31-14-11-15-32(25-31)47-27(3)40(46)43-36-18-9-7-16-33(36)34-17-8-10-19-37(34)43/h4-27H,1-3H3,(H,41,45)(H,42,44)/b35-24+. The van der Waals surface area contributed by atoms with Gasteiger partial charge in [0.1, 0.15) is 5.70 Å². The maximum Gasteiger partial charge on any atom is 0.272 e. The highest BCUT2D eigenvalue weighted by atomic mass is 32.2. The first kappa shape index (κ1) is 31.6. The summed E-state index contributed by atoms with van der Waals surface area (Å²) in [5.74, 6) is -0.496. The third-order valence-electron chi connectivity index (χ3n) is 8.00. The minimum absolute atomic E-state index is 0.0285. The van der Waals surface area contributed by atoms with Gasteiger partial charge in [0, 0.05) is 26.9 Å². The molecule has 1 atom stereocenters. The Balaban J connectivity index is 1.22. The molecule has 6 aromatic rings. The number of fused-ring (bicyclic) bond motifs is 3. The van der Waals surface area contributed by atoms with Crippen molar-refractivity contribution >= 4 is 63.1 Å². The molecular weight excluding hydrogens is 603 g/mol. The van der Waals surface area contributed by atoms with Crippen LogP contribution in [0.25, 0.3) is 27.9 Å². The predicted molar refractivity (Wildman–Crippen MR) is 193 cm³/mol. The van der Waals surface area contributed by atoms with Crippen LogP contribution in [0, 0.1) is 0 Å². The lowest BCUT2D eigenvalue weighted by Crippen LogP contribution is -2.30. The van der Waals surface area contributed by atoms with Gasteiger partial charge in [0.2, 0.25) is 5.91 Å². The van der Waals surface area contributed by atoms with E-state index in [0.29, 0.717) is 17.2 Å². The summed E-state index contributed by atoms with van der Waals surface area (Å²) < 4.78 is 1.80. The minimum Gasteiger partial charge on any atom is -0.321 e. The zero-order chi connectivity index (χ0) is 32.9. The first-order valence-electron chi connectivity index (χ1n) is 15.6. The second kappa shape index (κ2) is 13.9. The summed E-state index contributed by atoms with van der Waals surface area (Å²) >= 11 is 1.42. The molecule has 0 bridgehead atoms. The van der Waals surface area contributed by atoms with Crippen molar-refractivity contribution in [2.24, 2.45) is 0 Å². The molecule has 6 nitrogen and oxygen atoms in total. The summed E-state index contributed by atoms with van der Waals surface area (Å²) in [6.07, 6.45) is 1.67. The van der Waals surface area contributed by atoms with Crippen LogP contribution in [-0.2, 0) is 4.79 Å². The Labute approximate surface area is 278 Å². The molecule has 0 aliphatic heterocycles. The Bertz CT molecular complexity index is 2060. The molecule has 0 spiro atoms. The molecule has 0 saturated carbocycles. The molecule has 1 aromatic heterocycles. The number of hydrogen-bond donors (Lipinski definition) is 2. The minimum atomic E-state index is -0.459. The van der Waals surface area contributed by atoms with Crippen LogP contribution in [0.15, 0.2) is 138 Å². The molecule has 2 amide bonds. The highest BCUT2D eigenvalue weighted by molar-refractivity contribution is 8.00. The van der Waals surface area contributed by atoms with Crippen LogP contribution in [-0.4, -0.2) is 27.5 Å². The van der Waals surface area contributed by atoms with Crippen molar-refractivity contribution in [3.8, 4) is 0 Å². The molecule has 6 rings (SSSR count). The van der Waals surface area contributed by atoms with Crippen LogP contribution in [0.5, 0.6) is 0 Å². The number of aromatic nitrogens is 1. The van der Waals surface area contributed by atoms with Gasteiger partial charge < -0.3 is 10.6 Å². The molecule has 5 aromatic carbocycles. The fourth-order valence-electron chi connectivity index (χ4n) is 5.53. The van der Waals surface area contributed by atoms with E-state index in [2.05, 4.69) is 24.5 Å². The normalized spacial score (nSPS) is 12.3. The second-order valence-electron chi connectivity index (χ2n) is 11.6. The Hall–Kier alpha value is -5.40. The number of hydrogen-bond acceptors (Lipinski definition) is 4. The van der Waals surface area contributed by atoms with Crippen LogP contribution in [0.3, 0.4) is 0 Å². The van der Waals surface area contributed by atoms with Gasteiger partial charge in [0.25, 0.3) is 11.8 Å². The third kappa shape index (κ3) is 7.05. The number of rotatable bonds is 9. The van der Waals surface area contributed by atoms with E-state index < -0.39 is 11.2 Å². The van der Waals surface area contributed by atoms with E-state index >= 15 is 0 Å². The lowest BCUT2D eigenvalue weighted by molar-refractivity contribution is -0.113. The topological polar surface area (TPSA) is 80.2 Å². The van der Waals surface area contributed by atoms with Gasteiger partial charge in [-0.3, -0.25) is 19.0 Å². The van der Waals surface area contributed by atoms with Crippen LogP contribution < -0.4 is 10.6 Å². The fraction of sp³-hybridized carbons (Fsp3) is 0.125. The van der Waals surface area contributed by atoms with Gasteiger partial charge in [0.05, 0.1) is 16.3 Å². The zero-order valence-corrected chi connectivity index (χ0v) is 27.3. The number of para-hydroxylation sites is 2. The molecule has 7 heteroatoms. The summed E-state index contributed by atoms with van der Waals surface area (Å²) in [6.45, 7) is 6.14. The zero-order valence-electron chi connectivity index (χ0n) is 26.4. The summed E-state index contributed by atoms with van der Waals surface area (Å²) in [4.78, 5) is 41.4. The van der Waals surface area contributed by atoms with Gasteiger partial charge in [-0.1, -0.05) is 98.8 Å². The number of nitrogens with zero attached hydrogens (tertiary/aromatic N) is 1. The lowest BCUT2D eigenvalue weighted by atomic mass is 10.0. The Kier molecular flexibility index (Phi) is 9.36. The highest BCUT2D eigenvalue weighted by Crippen LogP contribution is 2.32. The summed E-state index contributed by atoms with van der Waals surface area (Å²) in [6, 6.07) is 40.0. The number of nitrogens with one attached hydrogen (secondary N) is 2. The van der Waals surface area contributed by atoms with Gasteiger partial charge in [-0.2, -0.15) is 0 Å². The Morgan fingerprint density at radius 1 is 0.702 bits per heavy atom. The smallest absolute Gasteiger partial charge is 0.272 e. The first-order valence-corrected chi connectivity index (χ1v) is 16.4. The van der Waals surface area contributed by atoms with Crippen LogP contribution in [0.1, 0.15) is 53.0 Å². The van der Waals surface area contributed by atoms with E-state index in [1.54, 1.807) is 41.0 Å². The van der Waals surface area contributed by atoms with Gasteiger partial charge in [0.15, 0.2) is 0 Å². The molecule has 0 radical (unpaired) electrons. The SMILES string of the molecule is CC(Sc1cccc(NC(=O)/C(=C\c2ccc(C(C)C)cc2)NC(=O)c2ccccc2)c1)C(=O)n1c2ccccc2c2ccccc21. The van der Waals surface area contributed by atoms with Crippen molar-refractivity contribution < 1.29 is 14.4 Å². The van der Waals surface area contributed by atoms with Gasteiger partial charge in [-0.25, -0.2) is 0 Å². The van der Waals surface area contributed by atoms with E-state index in [1.165, 1.54) is 17.3 Å². The number of thioether (sulfide) groups is 1. The molecule has 0 saturated heterocycles. The molecule has 0 fully saturated rings. The number of amides is 2. The van der Waals surface area contributed by atoms with E-state index in [4.69, 9.17) is 0 Å². The molecule has 0 aliphatic rings. The first-order chi connectivity index (χ1) is 22.8. The van der Waals surface area contributed by atoms with E-state index in [0.717, 1.165) is 32.3 Å². The van der Waals surface area contributed by atoms with Crippen molar-refractivity contribution in [2.75, 3.05) is 5.32 Å². The molecular formula is C40H35N3O3S. The van der Waals surface area contributed by atoms with Crippen LogP contribution >= 0.6 is 11.8 Å². The number of carbonyl (C=O) groups excluding carboxylic acids is 3. The summed E-state index contributed by atoms with van der Waals surface area (Å²) in [5, 5.41) is 7.42. The van der Waals surface area contributed by atoms with Crippen LogP contribution in [0.4, 0.5) is 5.69 Å². The van der Waals surface area contributed by atoms with Crippen molar-refractivity contribution in [3.63, 3.8) is 0 Å². The monoisotopic (exact) mass is 637 g/mol. The number of anilines is 1. The Morgan fingerprint density at radius 2 is 1.32 bits per heavy atom. The maximum atomic E-state index is 13.9. The highest BCUT2D eigenvalue weighted by Gasteiger charge is 2.22. The quantitative estimate of drug-likeness (QED) is 0.122. The van der Waals surface area contributed by atoms with E-state index in [9.17, 15) is 14.4 Å². The molecule has 2 N–H and O–H groups in total.